The van der Waals surface area contributed by atoms with E-state index in [1.165, 1.54) is 22.5 Å². The molecule has 0 fully saturated rings. The predicted molar refractivity (Wildman–Crippen MR) is 94.1 cm³/mol. The fourth-order valence-electron chi connectivity index (χ4n) is 3.16. The summed E-state index contributed by atoms with van der Waals surface area (Å²) >= 11 is 7.48. The summed E-state index contributed by atoms with van der Waals surface area (Å²) in [4.78, 5) is 16.7. The summed E-state index contributed by atoms with van der Waals surface area (Å²) in [5.41, 5.74) is 4.12. The average molecular weight is 343 g/mol. The van der Waals surface area contributed by atoms with Crippen molar-refractivity contribution < 1.29 is 4.79 Å². The number of carbonyl (C=O) groups excluding carboxylic acids is 1. The van der Waals surface area contributed by atoms with Crippen LogP contribution in [0.25, 0.3) is 10.4 Å². The summed E-state index contributed by atoms with van der Waals surface area (Å²) in [6.45, 7) is 0. The molecule has 3 aromatic rings. The zero-order valence-electron chi connectivity index (χ0n) is 12.3. The number of aromatic amines is 1. The van der Waals surface area contributed by atoms with Gasteiger partial charge >= 0.3 is 0 Å². The minimum absolute atomic E-state index is 0.0486. The van der Waals surface area contributed by atoms with Crippen molar-refractivity contribution in [2.75, 3.05) is 0 Å². The van der Waals surface area contributed by atoms with Gasteiger partial charge in [-0.25, -0.2) is 0 Å². The van der Waals surface area contributed by atoms with Gasteiger partial charge in [-0.1, -0.05) is 35.9 Å². The molecule has 2 aromatic heterocycles. The Hall–Kier alpha value is -2.04. The van der Waals surface area contributed by atoms with Gasteiger partial charge in [0.05, 0.1) is 15.9 Å². The number of halogens is 1. The SMILES string of the molecule is O=C(N[C@H]1CCc2ccccc21)c1c[nH]cc1-c1ccc(Cl)s1. The molecule has 1 atom stereocenters. The largest absolute Gasteiger partial charge is 0.366 e. The Labute approximate surface area is 143 Å². The maximum Gasteiger partial charge on any atom is 0.253 e. The third-order valence-corrected chi connectivity index (χ3v) is 5.53. The van der Waals surface area contributed by atoms with Crippen LogP contribution in [0, 0.1) is 0 Å². The number of fused-ring (bicyclic) bond motifs is 1. The van der Waals surface area contributed by atoms with E-state index in [0.717, 1.165) is 27.6 Å². The maximum atomic E-state index is 12.7. The smallest absolute Gasteiger partial charge is 0.253 e. The maximum absolute atomic E-state index is 12.7. The van der Waals surface area contributed by atoms with Gasteiger partial charge in [-0.2, -0.15) is 0 Å². The van der Waals surface area contributed by atoms with Crippen LogP contribution in [0.2, 0.25) is 4.34 Å². The van der Waals surface area contributed by atoms with Crippen LogP contribution < -0.4 is 5.32 Å². The molecule has 5 heteroatoms. The van der Waals surface area contributed by atoms with Crippen LogP contribution in [0.15, 0.2) is 48.8 Å². The molecule has 0 saturated heterocycles. The summed E-state index contributed by atoms with van der Waals surface area (Å²) < 4.78 is 0.720. The molecular formula is C18H15ClN2OS. The Morgan fingerprint density at radius 2 is 2.09 bits per heavy atom. The number of nitrogens with one attached hydrogen (secondary N) is 2. The summed E-state index contributed by atoms with van der Waals surface area (Å²) in [7, 11) is 0. The number of amides is 1. The van der Waals surface area contributed by atoms with E-state index in [1.54, 1.807) is 6.20 Å². The lowest BCUT2D eigenvalue weighted by Crippen LogP contribution is -2.27. The van der Waals surface area contributed by atoms with Gasteiger partial charge in [0.15, 0.2) is 0 Å². The molecular weight excluding hydrogens is 328 g/mol. The first-order valence-electron chi connectivity index (χ1n) is 7.53. The molecule has 0 spiro atoms. The predicted octanol–water partition coefficient (Wildman–Crippen LogP) is 4.81. The van der Waals surface area contributed by atoms with Crippen molar-refractivity contribution in [2.24, 2.45) is 0 Å². The van der Waals surface area contributed by atoms with Gasteiger partial charge in [-0.3, -0.25) is 4.79 Å². The summed E-state index contributed by atoms with van der Waals surface area (Å²) in [6, 6.07) is 12.2. The van der Waals surface area contributed by atoms with Crippen LogP contribution in [-0.2, 0) is 6.42 Å². The van der Waals surface area contributed by atoms with E-state index in [1.807, 2.05) is 30.5 Å². The molecule has 0 unspecified atom stereocenters. The number of rotatable bonds is 3. The molecule has 1 amide bonds. The molecule has 116 valence electrons. The second kappa shape index (κ2) is 5.87. The molecule has 23 heavy (non-hydrogen) atoms. The topological polar surface area (TPSA) is 44.9 Å². The average Bonchev–Trinajstić information content (AvgIpc) is 3.26. The highest BCUT2D eigenvalue weighted by molar-refractivity contribution is 7.19. The Bertz CT molecular complexity index is 867. The molecule has 4 rings (SSSR count). The van der Waals surface area contributed by atoms with Crippen molar-refractivity contribution in [3.05, 3.63) is 69.8 Å². The summed E-state index contributed by atoms with van der Waals surface area (Å²) in [5.74, 6) is -0.0486. The number of thiophene rings is 1. The lowest BCUT2D eigenvalue weighted by Gasteiger charge is -2.14. The normalized spacial score (nSPS) is 16.3. The van der Waals surface area contributed by atoms with Gasteiger partial charge in [0, 0.05) is 22.8 Å². The van der Waals surface area contributed by atoms with E-state index in [0.29, 0.717) is 5.56 Å². The number of benzene rings is 1. The van der Waals surface area contributed by atoms with E-state index >= 15 is 0 Å². The Morgan fingerprint density at radius 1 is 1.22 bits per heavy atom. The first-order valence-corrected chi connectivity index (χ1v) is 8.73. The third-order valence-electron chi connectivity index (χ3n) is 4.27. The molecule has 1 aromatic carbocycles. The zero-order chi connectivity index (χ0) is 15.8. The molecule has 2 N–H and O–H groups in total. The Balaban J connectivity index is 1.58. The fraction of sp³-hybridized carbons (Fsp3) is 0.167. The molecule has 1 aliphatic carbocycles. The van der Waals surface area contributed by atoms with E-state index in [9.17, 15) is 4.79 Å². The van der Waals surface area contributed by atoms with Crippen LogP contribution in [-0.4, -0.2) is 10.9 Å². The number of hydrogen-bond donors (Lipinski definition) is 2. The van der Waals surface area contributed by atoms with Gasteiger partial charge in [0.1, 0.15) is 0 Å². The van der Waals surface area contributed by atoms with E-state index < -0.39 is 0 Å². The molecule has 1 aliphatic rings. The number of carbonyl (C=O) groups is 1. The number of hydrogen-bond acceptors (Lipinski definition) is 2. The van der Waals surface area contributed by atoms with Crippen molar-refractivity contribution in [1.29, 1.82) is 0 Å². The molecule has 0 radical (unpaired) electrons. The van der Waals surface area contributed by atoms with E-state index in [2.05, 4.69) is 22.4 Å². The van der Waals surface area contributed by atoms with Crippen LogP contribution in [0.5, 0.6) is 0 Å². The van der Waals surface area contributed by atoms with Crippen molar-refractivity contribution in [3.8, 4) is 10.4 Å². The molecule has 2 heterocycles. The highest BCUT2D eigenvalue weighted by atomic mass is 35.5. The number of aromatic nitrogens is 1. The van der Waals surface area contributed by atoms with Crippen LogP contribution >= 0.6 is 22.9 Å². The van der Waals surface area contributed by atoms with Crippen LogP contribution in [0.1, 0.15) is 33.9 Å². The van der Waals surface area contributed by atoms with Crippen molar-refractivity contribution in [3.63, 3.8) is 0 Å². The molecule has 0 aliphatic heterocycles. The van der Waals surface area contributed by atoms with Gasteiger partial charge < -0.3 is 10.3 Å². The quantitative estimate of drug-likeness (QED) is 0.704. The van der Waals surface area contributed by atoms with Gasteiger partial charge in [0.25, 0.3) is 5.91 Å². The third kappa shape index (κ3) is 2.69. The first-order chi connectivity index (χ1) is 11.2. The monoisotopic (exact) mass is 342 g/mol. The molecule has 3 nitrogen and oxygen atoms in total. The Kier molecular flexibility index (Phi) is 3.71. The second-order valence-corrected chi connectivity index (χ2v) is 7.37. The van der Waals surface area contributed by atoms with Gasteiger partial charge in [0.2, 0.25) is 0 Å². The first kappa shape index (κ1) is 14.5. The Morgan fingerprint density at radius 3 is 2.91 bits per heavy atom. The summed E-state index contributed by atoms with van der Waals surface area (Å²) in [6.07, 6.45) is 5.57. The van der Waals surface area contributed by atoms with Crippen molar-refractivity contribution in [2.45, 2.75) is 18.9 Å². The lowest BCUT2D eigenvalue weighted by atomic mass is 10.1. The van der Waals surface area contributed by atoms with Crippen LogP contribution in [0.3, 0.4) is 0 Å². The number of aryl methyl sites for hydroxylation is 1. The summed E-state index contributed by atoms with van der Waals surface area (Å²) in [5, 5.41) is 3.17. The fourth-order valence-corrected chi connectivity index (χ4v) is 4.23. The lowest BCUT2D eigenvalue weighted by molar-refractivity contribution is 0.0937. The molecule has 0 saturated carbocycles. The van der Waals surface area contributed by atoms with Gasteiger partial charge in [-0.05, 0) is 36.1 Å². The minimum Gasteiger partial charge on any atom is -0.366 e. The van der Waals surface area contributed by atoms with E-state index in [4.69, 9.17) is 11.6 Å². The standard InChI is InChI=1S/C18H15ClN2OS/c19-17-8-7-16(23-17)13-9-20-10-14(13)18(22)21-15-6-5-11-3-1-2-4-12(11)15/h1-4,7-10,15,20H,5-6H2,(H,21,22)/t15-/m0/s1. The van der Waals surface area contributed by atoms with Gasteiger partial charge in [-0.15, -0.1) is 11.3 Å². The van der Waals surface area contributed by atoms with E-state index in [-0.39, 0.29) is 11.9 Å². The highest BCUT2D eigenvalue weighted by Gasteiger charge is 2.25. The number of H-pyrrole nitrogens is 1. The second-order valence-electron chi connectivity index (χ2n) is 5.65. The van der Waals surface area contributed by atoms with Crippen molar-refractivity contribution >= 4 is 28.8 Å². The highest BCUT2D eigenvalue weighted by Crippen LogP contribution is 2.34. The zero-order valence-corrected chi connectivity index (χ0v) is 13.9. The molecule has 0 bridgehead atoms. The van der Waals surface area contributed by atoms with Crippen molar-refractivity contribution in [1.82, 2.24) is 10.3 Å². The minimum atomic E-state index is -0.0486. The van der Waals surface area contributed by atoms with Crippen LogP contribution in [0.4, 0.5) is 0 Å².